The van der Waals surface area contributed by atoms with Gasteiger partial charge in [0.15, 0.2) is 0 Å². The molecular weight excluding hydrogens is 480 g/mol. The Bertz CT molecular complexity index is 1140. The molecule has 169 valence electrons. The molecule has 2 aliphatic carbocycles. The molecule has 2 unspecified atom stereocenters. The van der Waals surface area contributed by atoms with Crippen LogP contribution in [0.4, 0.5) is 0 Å². The first kappa shape index (κ1) is 25.0. The summed E-state index contributed by atoms with van der Waals surface area (Å²) in [5, 5.41) is 21.6. The summed E-state index contributed by atoms with van der Waals surface area (Å²) in [4.78, 5) is 56.8. The van der Waals surface area contributed by atoms with Crippen LogP contribution in [-0.2, 0) is 36.2 Å². The molecular formula is C22H14CuN4O6. The van der Waals surface area contributed by atoms with E-state index in [-0.39, 0.29) is 39.4 Å². The van der Waals surface area contributed by atoms with E-state index in [1.165, 1.54) is 24.5 Å². The number of allylic oxidation sites excluding steroid dienone is 6. The van der Waals surface area contributed by atoms with Crippen molar-refractivity contribution in [3.63, 3.8) is 0 Å². The number of aromatic nitrogens is 4. The largest absolute Gasteiger partial charge is 2.00 e. The number of nitrogens with zero attached hydrogens (tertiary/aromatic N) is 2. The molecule has 0 spiro atoms. The normalized spacial score (nSPS) is 18.5. The van der Waals surface area contributed by atoms with Crippen molar-refractivity contribution in [3.8, 4) is 0 Å². The summed E-state index contributed by atoms with van der Waals surface area (Å²) in [7, 11) is 0. The van der Waals surface area contributed by atoms with E-state index in [1.807, 2.05) is 0 Å². The zero-order valence-electron chi connectivity index (χ0n) is 16.6. The van der Waals surface area contributed by atoms with Crippen LogP contribution >= 0.6 is 0 Å². The minimum Gasteiger partial charge on any atom is -0.545 e. The number of hydrogen-bond acceptors (Lipinski definition) is 8. The number of rotatable bonds is 4. The number of carboxylic acids is 2. The van der Waals surface area contributed by atoms with Gasteiger partial charge in [0, 0.05) is 35.9 Å². The number of aliphatic carboxylic acids is 2. The number of carbonyl (C=O) groups excluding carboxylic acids is 4. The van der Waals surface area contributed by atoms with Crippen LogP contribution in [0.25, 0.3) is 0 Å². The maximum absolute atomic E-state index is 10.8. The first-order valence-electron chi connectivity index (χ1n) is 9.16. The Morgan fingerprint density at radius 3 is 1.45 bits per heavy atom. The predicted molar refractivity (Wildman–Crippen MR) is 106 cm³/mol. The molecule has 0 aromatic carbocycles. The van der Waals surface area contributed by atoms with Crippen molar-refractivity contribution < 1.29 is 46.5 Å². The van der Waals surface area contributed by atoms with Gasteiger partial charge in [0.25, 0.3) is 0 Å². The molecule has 0 amide bonds. The number of nitrogens with one attached hydrogen (secondary N) is 2. The molecule has 2 N–H and O–H groups in total. The maximum Gasteiger partial charge on any atom is 2.00 e. The summed E-state index contributed by atoms with van der Waals surface area (Å²) in [5.41, 5.74) is -0.257. The molecule has 33 heavy (non-hydrogen) atoms. The molecule has 0 fully saturated rings. The molecule has 2 aromatic heterocycles. The van der Waals surface area contributed by atoms with E-state index in [4.69, 9.17) is 0 Å². The summed E-state index contributed by atoms with van der Waals surface area (Å²) in [6.45, 7) is 0. The third-order valence-corrected chi connectivity index (χ3v) is 4.62. The van der Waals surface area contributed by atoms with Gasteiger partial charge in [0.1, 0.15) is 23.5 Å². The third-order valence-electron chi connectivity index (χ3n) is 4.62. The van der Waals surface area contributed by atoms with Crippen molar-refractivity contribution in [2.24, 2.45) is 0 Å². The van der Waals surface area contributed by atoms with Crippen molar-refractivity contribution in [3.05, 3.63) is 95.2 Å². The predicted octanol–water partition coefficient (Wildman–Crippen LogP) is -1.01. The quantitative estimate of drug-likeness (QED) is 0.402. The van der Waals surface area contributed by atoms with Crippen LogP contribution in [0.2, 0.25) is 0 Å². The van der Waals surface area contributed by atoms with Crippen molar-refractivity contribution in [1.82, 2.24) is 19.9 Å². The maximum atomic E-state index is 10.8. The van der Waals surface area contributed by atoms with E-state index in [0.29, 0.717) is 11.6 Å². The fourth-order valence-electron chi connectivity index (χ4n) is 3.18. The van der Waals surface area contributed by atoms with Gasteiger partial charge in [-0.1, -0.05) is 36.5 Å². The Balaban J connectivity index is 0.000000227. The Hall–Kier alpha value is -4.26. The number of carbonyl (C=O) groups is 2. The van der Waals surface area contributed by atoms with Gasteiger partial charge in [-0.15, -0.1) is 0 Å². The fourth-order valence-corrected chi connectivity index (χ4v) is 3.18. The van der Waals surface area contributed by atoms with Crippen molar-refractivity contribution in [2.75, 3.05) is 0 Å². The van der Waals surface area contributed by atoms with Crippen LogP contribution in [0.5, 0.6) is 0 Å². The van der Waals surface area contributed by atoms with E-state index in [0.717, 1.165) is 0 Å². The van der Waals surface area contributed by atoms with Crippen molar-refractivity contribution in [2.45, 2.75) is 11.8 Å². The van der Waals surface area contributed by atoms with Crippen LogP contribution in [0.15, 0.2) is 83.5 Å². The summed E-state index contributed by atoms with van der Waals surface area (Å²) in [6, 6.07) is 0. The van der Waals surface area contributed by atoms with Gasteiger partial charge in [-0.05, 0) is 0 Å². The number of imidazole rings is 2. The van der Waals surface area contributed by atoms with Gasteiger partial charge in [-0.3, -0.25) is 0 Å². The summed E-state index contributed by atoms with van der Waals surface area (Å²) in [6.07, 6.45) is 15.3. The second kappa shape index (κ2) is 11.4. The average molecular weight is 494 g/mol. The van der Waals surface area contributed by atoms with E-state index < -0.39 is 23.8 Å². The molecule has 4 rings (SSSR count). The van der Waals surface area contributed by atoms with Crippen LogP contribution in [0, 0.1) is 0 Å². The van der Waals surface area contributed by atoms with Crippen molar-refractivity contribution >= 4 is 23.8 Å². The Morgan fingerprint density at radius 1 is 0.788 bits per heavy atom. The standard InChI is InChI=1S/2C11H8N2O3.Cu/c2*14-6-9-7(10-12-4-5-13-10)2-1-3-8(9)11(15)16;/h2*1-5,7H,(H,12,13)(H,15,16);/q;;+2/p-2. The monoisotopic (exact) mass is 493 g/mol. The van der Waals surface area contributed by atoms with Crippen LogP contribution in [0.3, 0.4) is 0 Å². The Morgan fingerprint density at radius 2 is 1.18 bits per heavy atom. The van der Waals surface area contributed by atoms with Crippen LogP contribution < -0.4 is 10.2 Å². The van der Waals surface area contributed by atoms with E-state index in [1.54, 1.807) is 48.6 Å². The average Bonchev–Trinajstić information content (AvgIpc) is 3.52. The topological polar surface area (TPSA) is 172 Å². The zero-order valence-corrected chi connectivity index (χ0v) is 17.5. The Kier molecular flexibility index (Phi) is 8.63. The fraction of sp³-hybridized carbons (Fsp3) is 0.0909. The second-order valence-corrected chi connectivity index (χ2v) is 6.44. The summed E-state index contributed by atoms with van der Waals surface area (Å²) in [5.74, 6) is 0.486. The molecule has 2 aromatic rings. The van der Waals surface area contributed by atoms with Crippen LogP contribution in [-0.4, -0.2) is 43.8 Å². The number of H-pyrrole nitrogens is 2. The minimum atomic E-state index is -1.39. The number of hydrogen-bond donors (Lipinski definition) is 2. The molecule has 0 saturated carbocycles. The minimum absolute atomic E-state index is 0. The zero-order chi connectivity index (χ0) is 23.1. The number of aromatic amines is 2. The van der Waals surface area contributed by atoms with Gasteiger partial charge < -0.3 is 29.8 Å². The molecule has 10 nitrogen and oxygen atoms in total. The SMILES string of the molecule is O=C=C1C(C(=O)[O-])=CC=CC1c1ncc[nH]1.O=C=C1C(C(=O)[O-])=CC=CC1c1ncc[nH]1.[Cu+2]. The molecule has 2 aliphatic rings. The van der Waals surface area contributed by atoms with E-state index in [9.17, 15) is 29.4 Å². The van der Waals surface area contributed by atoms with Gasteiger partial charge in [-0.2, -0.15) is 0 Å². The third kappa shape index (κ3) is 5.51. The van der Waals surface area contributed by atoms with Gasteiger partial charge in [-0.25, -0.2) is 19.6 Å². The number of carboxylic acid groups (broad SMARTS) is 2. The van der Waals surface area contributed by atoms with E-state index >= 15 is 0 Å². The van der Waals surface area contributed by atoms with E-state index in [2.05, 4.69) is 19.9 Å². The first-order valence-corrected chi connectivity index (χ1v) is 9.16. The second-order valence-electron chi connectivity index (χ2n) is 6.44. The molecule has 0 bridgehead atoms. The molecule has 2 heterocycles. The van der Waals surface area contributed by atoms with Gasteiger partial charge >= 0.3 is 17.1 Å². The van der Waals surface area contributed by atoms with Crippen molar-refractivity contribution in [1.29, 1.82) is 0 Å². The van der Waals surface area contributed by atoms with Gasteiger partial charge in [0.05, 0.1) is 34.9 Å². The summed E-state index contributed by atoms with van der Waals surface area (Å²) >= 11 is 0. The Labute approximate surface area is 197 Å². The smallest absolute Gasteiger partial charge is 0.545 e. The van der Waals surface area contributed by atoms with Crippen LogP contribution in [0.1, 0.15) is 23.5 Å². The molecule has 0 saturated heterocycles. The van der Waals surface area contributed by atoms with Gasteiger partial charge in [0.2, 0.25) is 0 Å². The first-order chi connectivity index (χ1) is 15.5. The molecule has 11 heteroatoms. The molecule has 1 radical (unpaired) electrons. The summed E-state index contributed by atoms with van der Waals surface area (Å²) < 4.78 is 0. The molecule has 0 aliphatic heterocycles. The molecule has 2 atom stereocenters.